The molecular formula is C26H26BrN3O5. The van der Waals surface area contributed by atoms with E-state index in [1.165, 1.54) is 22.3 Å². The highest BCUT2D eigenvalue weighted by Gasteiger charge is 2.43. The van der Waals surface area contributed by atoms with Crippen molar-refractivity contribution < 1.29 is 24.2 Å². The van der Waals surface area contributed by atoms with E-state index < -0.39 is 18.2 Å². The second kappa shape index (κ2) is 9.47. The van der Waals surface area contributed by atoms with Gasteiger partial charge in [0.2, 0.25) is 0 Å². The fraction of sp³-hybridized carbons (Fsp3) is 0.346. The number of carboxylic acids is 1. The van der Waals surface area contributed by atoms with Crippen LogP contribution in [0.4, 0.5) is 4.79 Å². The molecule has 9 heteroatoms. The van der Waals surface area contributed by atoms with Crippen LogP contribution in [0.15, 0.2) is 59.3 Å². The Bertz CT molecular complexity index is 1220. The summed E-state index contributed by atoms with van der Waals surface area (Å²) in [5.74, 6) is -0.409. The molecule has 1 N–H and O–H groups in total. The van der Waals surface area contributed by atoms with E-state index in [1.807, 2.05) is 35.9 Å². The summed E-state index contributed by atoms with van der Waals surface area (Å²) in [7, 11) is 1.84. The van der Waals surface area contributed by atoms with Gasteiger partial charge in [0.15, 0.2) is 0 Å². The van der Waals surface area contributed by atoms with E-state index in [0.29, 0.717) is 36.4 Å². The van der Waals surface area contributed by atoms with Gasteiger partial charge in [0.1, 0.15) is 29.2 Å². The summed E-state index contributed by atoms with van der Waals surface area (Å²) in [6, 6.07) is 16.5. The number of carbonyl (C=O) groups is 2. The molecule has 3 aromatic rings. The van der Waals surface area contributed by atoms with E-state index in [2.05, 4.69) is 45.2 Å². The summed E-state index contributed by atoms with van der Waals surface area (Å²) in [5.41, 5.74) is 3.81. The van der Waals surface area contributed by atoms with E-state index in [-0.39, 0.29) is 18.6 Å². The zero-order valence-corrected chi connectivity index (χ0v) is 20.9. The van der Waals surface area contributed by atoms with E-state index >= 15 is 0 Å². The third kappa shape index (κ3) is 4.46. The fourth-order valence-electron chi connectivity index (χ4n) is 5.22. The number of nitrogens with zero attached hydrogens (tertiary/aromatic N) is 3. The predicted molar refractivity (Wildman–Crippen MR) is 132 cm³/mol. The van der Waals surface area contributed by atoms with Crippen LogP contribution in [0.5, 0.6) is 0 Å². The maximum atomic E-state index is 13.0. The van der Waals surface area contributed by atoms with Gasteiger partial charge in [-0.15, -0.1) is 0 Å². The van der Waals surface area contributed by atoms with Crippen LogP contribution in [0.3, 0.4) is 0 Å². The second-order valence-electron chi connectivity index (χ2n) is 8.97. The number of carboxylic acid groups (broad SMARTS) is 1. The van der Waals surface area contributed by atoms with Crippen molar-refractivity contribution in [3.63, 3.8) is 0 Å². The summed E-state index contributed by atoms with van der Waals surface area (Å²) in [6.45, 7) is 0.577. The number of imidazole rings is 1. The van der Waals surface area contributed by atoms with Crippen LogP contribution in [0.25, 0.3) is 11.1 Å². The molecule has 1 aromatic heterocycles. The highest BCUT2D eigenvalue weighted by Crippen LogP contribution is 2.44. The molecule has 35 heavy (non-hydrogen) atoms. The number of hydrogen-bond acceptors (Lipinski definition) is 5. The molecule has 8 nitrogen and oxygen atoms in total. The maximum absolute atomic E-state index is 13.0. The number of aryl methyl sites for hydroxylation is 1. The summed E-state index contributed by atoms with van der Waals surface area (Å²) in [5, 5.41) is 9.19. The van der Waals surface area contributed by atoms with Crippen molar-refractivity contribution in [1.29, 1.82) is 0 Å². The molecule has 1 aliphatic carbocycles. The zero-order chi connectivity index (χ0) is 24.6. The van der Waals surface area contributed by atoms with Gasteiger partial charge in [-0.25, -0.2) is 14.6 Å². The first kappa shape index (κ1) is 23.6. The number of carbonyl (C=O) groups excluding carboxylic acids is 1. The summed E-state index contributed by atoms with van der Waals surface area (Å²) >= 11 is 3.38. The Morgan fingerprint density at radius 3 is 2.23 bits per heavy atom. The minimum atomic E-state index is -1.04. The molecule has 2 heterocycles. The minimum Gasteiger partial charge on any atom is -0.480 e. The van der Waals surface area contributed by atoms with Gasteiger partial charge in [-0.3, -0.25) is 0 Å². The van der Waals surface area contributed by atoms with Gasteiger partial charge in [-0.2, -0.15) is 0 Å². The predicted octanol–water partition coefficient (Wildman–Crippen LogP) is 4.52. The Morgan fingerprint density at radius 1 is 1.09 bits per heavy atom. The molecule has 182 valence electrons. The Labute approximate surface area is 211 Å². The highest BCUT2D eigenvalue weighted by molar-refractivity contribution is 9.10. The van der Waals surface area contributed by atoms with Crippen LogP contribution in [0, 0.1) is 0 Å². The Hall–Kier alpha value is -3.17. The van der Waals surface area contributed by atoms with E-state index in [9.17, 15) is 14.7 Å². The van der Waals surface area contributed by atoms with Gasteiger partial charge in [0, 0.05) is 45.1 Å². The molecule has 0 unspecified atom stereocenters. The van der Waals surface area contributed by atoms with Crippen LogP contribution < -0.4 is 0 Å². The van der Waals surface area contributed by atoms with Crippen molar-refractivity contribution in [2.24, 2.45) is 7.05 Å². The maximum Gasteiger partial charge on any atom is 0.409 e. The van der Waals surface area contributed by atoms with Crippen LogP contribution in [-0.2, 0) is 26.9 Å². The Kier molecular flexibility index (Phi) is 6.37. The molecular weight excluding hydrogens is 514 g/mol. The summed E-state index contributed by atoms with van der Waals surface area (Å²) < 4.78 is 14.2. The molecule has 0 spiro atoms. The minimum absolute atomic E-state index is 0.000880. The molecule has 0 radical (unpaired) electrons. The van der Waals surface area contributed by atoms with Crippen molar-refractivity contribution in [3.8, 4) is 11.1 Å². The quantitative estimate of drug-likeness (QED) is 0.494. The lowest BCUT2D eigenvalue weighted by Gasteiger charge is -2.40. The zero-order valence-electron chi connectivity index (χ0n) is 19.3. The average Bonchev–Trinajstić information content (AvgIpc) is 3.38. The number of aliphatic carboxylic acids is 1. The van der Waals surface area contributed by atoms with E-state index in [0.717, 1.165) is 0 Å². The number of aromatic nitrogens is 2. The SMILES string of the molecule is Cn1cc(Br)nc1C1(OCC(=O)O)CCN(C(=O)OCC2c3ccccc3-c3ccccc32)CC1. The molecule has 1 amide bonds. The molecule has 0 bridgehead atoms. The normalized spacial score (nSPS) is 16.6. The number of rotatable bonds is 6. The smallest absolute Gasteiger partial charge is 0.409 e. The van der Waals surface area contributed by atoms with Crippen LogP contribution in [0.2, 0.25) is 0 Å². The number of benzene rings is 2. The van der Waals surface area contributed by atoms with Crippen molar-refractivity contribution >= 4 is 28.0 Å². The van der Waals surface area contributed by atoms with Crippen molar-refractivity contribution in [1.82, 2.24) is 14.5 Å². The topological polar surface area (TPSA) is 93.9 Å². The first-order valence-corrected chi connectivity index (χ1v) is 12.3. The average molecular weight is 540 g/mol. The second-order valence-corrected chi connectivity index (χ2v) is 9.78. The monoisotopic (exact) mass is 539 g/mol. The third-order valence-electron chi connectivity index (χ3n) is 6.89. The number of hydrogen-bond donors (Lipinski definition) is 1. The molecule has 5 rings (SSSR count). The van der Waals surface area contributed by atoms with Gasteiger partial charge in [-0.05, 0) is 38.2 Å². The number of fused-ring (bicyclic) bond motifs is 3. The molecule has 1 aliphatic heterocycles. The van der Waals surface area contributed by atoms with E-state index in [4.69, 9.17) is 9.47 Å². The largest absolute Gasteiger partial charge is 0.480 e. The molecule has 2 aliphatic rings. The summed E-state index contributed by atoms with van der Waals surface area (Å²) in [4.78, 5) is 30.4. The van der Waals surface area contributed by atoms with Crippen LogP contribution in [0.1, 0.15) is 35.7 Å². The first-order chi connectivity index (χ1) is 16.9. The molecule has 2 aromatic carbocycles. The van der Waals surface area contributed by atoms with Crippen molar-refractivity contribution in [3.05, 3.63) is 76.3 Å². The number of amides is 1. The fourth-order valence-corrected chi connectivity index (χ4v) is 5.70. The van der Waals surface area contributed by atoms with Crippen LogP contribution >= 0.6 is 15.9 Å². The van der Waals surface area contributed by atoms with Gasteiger partial charge >= 0.3 is 12.1 Å². The first-order valence-electron chi connectivity index (χ1n) is 11.5. The Balaban J connectivity index is 1.27. The number of halogens is 1. The molecule has 1 fully saturated rings. The summed E-state index contributed by atoms with van der Waals surface area (Å²) in [6.07, 6.45) is 2.27. The van der Waals surface area contributed by atoms with E-state index in [1.54, 1.807) is 11.1 Å². The lowest BCUT2D eigenvalue weighted by atomic mass is 9.90. The van der Waals surface area contributed by atoms with Gasteiger partial charge < -0.3 is 24.0 Å². The third-order valence-corrected chi connectivity index (χ3v) is 7.27. The van der Waals surface area contributed by atoms with Gasteiger partial charge in [0.25, 0.3) is 0 Å². The Morgan fingerprint density at radius 2 is 1.69 bits per heavy atom. The number of ether oxygens (including phenoxy) is 2. The number of piperidine rings is 1. The molecule has 0 atom stereocenters. The standard InChI is InChI=1S/C26H26BrN3O5/c1-29-14-22(27)28-24(29)26(35-16-23(31)32)10-12-30(13-11-26)25(33)34-15-21-19-8-4-2-6-17(19)18-7-3-5-9-20(18)21/h2-9,14,21H,10-13,15-16H2,1H3,(H,31,32). The molecule has 0 saturated carbocycles. The van der Waals surface area contributed by atoms with Crippen LogP contribution in [-0.4, -0.2) is 57.9 Å². The lowest BCUT2D eigenvalue weighted by Crippen LogP contribution is -2.48. The highest BCUT2D eigenvalue weighted by atomic mass is 79.9. The van der Waals surface area contributed by atoms with Gasteiger partial charge in [-0.1, -0.05) is 48.5 Å². The van der Waals surface area contributed by atoms with Crippen molar-refractivity contribution in [2.45, 2.75) is 24.4 Å². The van der Waals surface area contributed by atoms with Crippen molar-refractivity contribution in [2.75, 3.05) is 26.3 Å². The molecule has 1 saturated heterocycles. The number of likely N-dealkylation sites (tertiary alicyclic amines) is 1. The lowest BCUT2D eigenvalue weighted by molar-refractivity contribution is -0.156. The van der Waals surface area contributed by atoms with Gasteiger partial charge in [0.05, 0.1) is 0 Å².